The molecule has 1 aliphatic heterocycles. The Bertz CT molecular complexity index is 726. The second-order valence-corrected chi connectivity index (χ2v) is 6.19. The first-order valence-corrected chi connectivity index (χ1v) is 8.09. The van der Waals surface area contributed by atoms with E-state index in [1.54, 1.807) is 16.7 Å². The van der Waals surface area contributed by atoms with E-state index in [4.69, 9.17) is 9.47 Å². The van der Waals surface area contributed by atoms with Crippen molar-refractivity contribution in [3.8, 4) is 11.5 Å². The van der Waals surface area contributed by atoms with Crippen LogP contribution in [0.25, 0.3) is 0 Å². The molecule has 2 aromatic rings. The molecule has 24 heavy (non-hydrogen) atoms. The highest BCUT2D eigenvalue weighted by Gasteiger charge is 2.29. The van der Waals surface area contributed by atoms with Crippen molar-refractivity contribution in [2.24, 2.45) is 13.0 Å². The molecular weight excluding hydrogens is 306 g/mol. The number of hydrogen-bond donors (Lipinski definition) is 0. The maximum Gasteiger partial charge on any atom is 0.229 e. The molecule has 0 unspecified atom stereocenters. The fourth-order valence-corrected chi connectivity index (χ4v) is 3.03. The van der Waals surface area contributed by atoms with E-state index in [0.717, 1.165) is 29.0 Å². The average Bonchev–Trinajstić information content (AvgIpc) is 3.03. The van der Waals surface area contributed by atoms with Gasteiger partial charge in [-0.2, -0.15) is 5.10 Å². The molecule has 1 amide bonds. The SMILES string of the molecule is COc1cccc2c1OC[C@H](C(=O)N(C)CCc1cnn(C)c1)C2. The van der Waals surface area contributed by atoms with Crippen LogP contribution >= 0.6 is 0 Å². The van der Waals surface area contributed by atoms with Crippen LogP contribution in [-0.4, -0.2) is 47.9 Å². The van der Waals surface area contributed by atoms with Gasteiger partial charge in [0.1, 0.15) is 6.61 Å². The number of aromatic nitrogens is 2. The number of methoxy groups -OCH3 is 1. The summed E-state index contributed by atoms with van der Waals surface area (Å²) >= 11 is 0. The molecule has 0 spiro atoms. The third-order valence-corrected chi connectivity index (χ3v) is 4.40. The van der Waals surface area contributed by atoms with Crippen molar-refractivity contribution in [3.63, 3.8) is 0 Å². The third-order valence-electron chi connectivity index (χ3n) is 4.40. The van der Waals surface area contributed by atoms with Gasteiger partial charge in [-0.05, 0) is 30.0 Å². The standard InChI is InChI=1S/C18H23N3O3/c1-20(8-7-13-10-19-21(2)11-13)18(22)15-9-14-5-4-6-16(23-3)17(14)24-12-15/h4-6,10-11,15H,7-9,12H2,1-3H3/t15-/m1/s1. The number of hydrogen-bond acceptors (Lipinski definition) is 4. The van der Waals surface area contributed by atoms with Crippen molar-refractivity contribution in [2.75, 3.05) is 27.3 Å². The molecule has 3 rings (SSSR count). The van der Waals surface area contributed by atoms with Crippen LogP contribution in [0.1, 0.15) is 11.1 Å². The van der Waals surface area contributed by atoms with E-state index in [1.165, 1.54) is 0 Å². The van der Waals surface area contributed by atoms with Crippen molar-refractivity contribution in [2.45, 2.75) is 12.8 Å². The number of amides is 1. The molecule has 1 aromatic carbocycles. The molecule has 1 atom stereocenters. The van der Waals surface area contributed by atoms with E-state index in [2.05, 4.69) is 5.10 Å². The third kappa shape index (κ3) is 3.37. The number of nitrogens with zero attached hydrogens (tertiary/aromatic N) is 3. The lowest BCUT2D eigenvalue weighted by atomic mass is 9.95. The number of fused-ring (bicyclic) bond motifs is 1. The van der Waals surface area contributed by atoms with Crippen LogP contribution in [0.15, 0.2) is 30.6 Å². The van der Waals surface area contributed by atoms with Crippen LogP contribution in [0.5, 0.6) is 11.5 Å². The summed E-state index contributed by atoms with van der Waals surface area (Å²) in [4.78, 5) is 14.5. The Hall–Kier alpha value is -2.50. The molecular formula is C18H23N3O3. The topological polar surface area (TPSA) is 56.6 Å². The fraction of sp³-hybridized carbons (Fsp3) is 0.444. The summed E-state index contributed by atoms with van der Waals surface area (Å²) in [6.45, 7) is 1.06. The van der Waals surface area contributed by atoms with Gasteiger partial charge in [-0.15, -0.1) is 0 Å². The predicted molar refractivity (Wildman–Crippen MR) is 90.2 cm³/mol. The number of likely N-dealkylation sites (N-methyl/N-ethyl adjacent to an activating group) is 1. The van der Waals surface area contributed by atoms with Gasteiger partial charge in [0.25, 0.3) is 0 Å². The van der Waals surface area contributed by atoms with E-state index in [1.807, 2.05) is 44.7 Å². The number of para-hydroxylation sites is 1. The fourth-order valence-electron chi connectivity index (χ4n) is 3.03. The summed E-state index contributed by atoms with van der Waals surface area (Å²) in [6, 6.07) is 5.80. The highest BCUT2D eigenvalue weighted by molar-refractivity contribution is 5.79. The zero-order valence-corrected chi connectivity index (χ0v) is 14.4. The van der Waals surface area contributed by atoms with Crippen LogP contribution in [0.4, 0.5) is 0 Å². The molecule has 0 aliphatic carbocycles. The van der Waals surface area contributed by atoms with E-state index in [-0.39, 0.29) is 11.8 Å². The molecule has 0 saturated carbocycles. The molecule has 2 heterocycles. The number of aryl methyl sites for hydroxylation is 1. The van der Waals surface area contributed by atoms with E-state index in [9.17, 15) is 4.79 Å². The normalized spacial score (nSPS) is 16.2. The first-order valence-electron chi connectivity index (χ1n) is 8.09. The van der Waals surface area contributed by atoms with Crippen molar-refractivity contribution in [1.29, 1.82) is 0 Å². The molecule has 0 bridgehead atoms. The minimum absolute atomic E-state index is 0.118. The van der Waals surface area contributed by atoms with Gasteiger partial charge < -0.3 is 14.4 Å². The zero-order valence-electron chi connectivity index (χ0n) is 14.4. The molecule has 6 nitrogen and oxygen atoms in total. The van der Waals surface area contributed by atoms with E-state index >= 15 is 0 Å². The van der Waals surface area contributed by atoms with Crippen molar-refractivity contribution in [1.82, 2.24) is 14.7 Å². The molecule has 128 valence electrons. The predicted octanol–water partition coefficient (Wildman–Crippen LogP) is 1.68. The highest BCUT2D eigenvalue weighted by atomic mass is 16.5. The Morgan fingerprint density at radius 3 is 3.04 bits per heavy atom. The van der Waals surface area contributed by atoms with E-state index in [0.29, 0.717) is 19.6 Å². The van der Waals surface area contributed by atoms with Crippen molar-refractivity contribution < 1.29 is 14.3 Å². The first-order chi connectivity index (χ1) is 11.6. The van der Waals surface area contributed by atoms with Gasteiger partial charge in [0.05, 0.1) is 19.2 Å². The van der Waals surface area contributed by atoms with E-state index < -0.39 is 0 Å². The van der Waals surface area contributed by atoms with Gasteiger partial charge in [0.15, 0.2) is 11.5 Å². The molecule has 1 aromatic heterocycles. The first kappa shape index (κ1) is 16.4. The Kier molecular flexibility index (Phi) is 4.74. The summed E-state index contributed by atoms with van der Waals surface area (Å²) in [5, 5.41) is 4.15. The lowest BCUT2D eigenvalue weighted by Gasteiger charge is -2.29. The Balaban J connectivity index is 1.61. The summed E-state index contributed by atoms with van der Waals surface area (Å²) in [6.07, 6.45) is 5.30. The van der Waals surface area contributed by atoms with Crippen LogP contribution in [0.3, 0.4) is 0 Å². The second kappa shape index (κ2) is 6.95. The summed E-state index contributed by atoms with van der Waals surface area (Å²) in [5.74, 6) is 1.46. The quantitative estimate of drug-likeness (QED) is 0.837. The largest absolute Gasteiger partial charge is 0.493 e. The molecule has 1 aliphatic rings. The Morgan fingerprint density at radius 2 is 2.33 bits per heavy atom. The minimum Gasteiger partial charge on any atom is -0.493 e. The molecule has 0 radical (unpaired) electrons. The summed E-state index contributed by atoms with van der Waals surface area (Å²) in [7, 11) is 5.37. The number of carbonyl (C=O) groups excluding carboxylic acids is 1. The highest BCUT2D eigenvalue weighted by Crippen LogP contribution is 2.36. The van der Waals surface area contributed by atoms with Crippen molar-refractivity contribution in [3.05, 3.63) is 41.7 Å². The van der Waals surface area contributed by atoms with Crippen LogP contribution in [0.2, 0.25) is 0 Å². The number of carbonyl (C=O) groups is 1. The van der Waals surface area contributed by atoms with Crippen LogP contribution in [-0.2, 0) is 24.7 Å². The minimum atomic E-state index is -0.150. The van der Waals surface area contributed by atoms with Crippen LogP contribution < -0.4 is 9.47 Å². The molecule has 0 N–H and O–H groups in total. The lowest BCUT2D eigenvalue weighted by Crippen LogP contribution is -2.39. The Morgan fingerprint density at radius 1 is 1.50 bits per heavy atom. The summed E-state index contributed by atoms with van der Waals surface area (Å²) in [5.41, 5.74) is 2.16. The molecule has 0 saturated heterocycles. The molecule has 6 heteroatoms. The maximum absolute atomic E-state index is 12.7. The summed E-state index contributed by atoms with van der Waals surface area (Å²) < 4.78 is 12.9. The van der Waals surface area contributed by atoms with Gasteiger partial charge in [0, 0.05) is 26.8 Å². The van der Waals surface area contributed by atoms with Gasteiger partial charge >= 0.3 is 0 Å². The maximum atomic E-state index is 12.7. The monoisotopic (exact) mass is 329 g/mol. The lowest BCUT2D eigenvalue weighted by molar-refractivity contribution is -0.135. The van der Waals surface area contributed by atoms with Gasteiger partial charge in [-0.1, -0.05) is 12.1 Å². The van der Waals surface area contributed by atoms with Crippen LogP contribution in [0, 0.1) is 5.92 Å². The average molecular weight is 329 g/mol. The van der Waals surface area contributed by atoms with Gasteiger partial charge in [-0.3, -0.25) is 9.48 Å². The second-order valence-electron chi connectivity index (χ2n) is 6.19. The Labute approximate surface area is 142 Å². The molecule has 0 fully saturated rings. The number of benzene rings is 1. The number of ether oxygens (including phenoxy) is 2. The van der Waals surface area contributed by atoms with Crippen molar-refractivity contribution >= 4 is 5.91 Å². The zero-order chi connectivity index (χ0) is 17.1. The smallest absolute Gasteiger partial charge is 0.229 e. The number of rotatable bonds is 5. The van der Waals surface area contributed by atoms with Gasteiger partial charge in [0.2, 0.25) is 5.91 Å². The van der Waals surface area contributed by atoms with Gasteiger partial charge in [-0.25, -0.2) is 0 Å².